The maximum Gasteiger partial charge on any atom is 0.344 e. The lowest BCUT2D eigenvalue weighted by molar-refractivity contribution is -0.671. The number of unbranched alkanes of at least 4 members (excludes halogenated alkanes) is 12. The highest BCUT2D eigenvalue weighted by Gasteiger charge is 2.09. The minimum absolute atomic E-state index is 0.219. The number of esters is 1. The van der Waals surface area contributed by atoms with Gasteiger partial charge in [0.15, 0.2) is 12.4 Å². The zero-order valence-electron chi connectivity index (χ0n) is 18.3. The number of aryl methyl sites for hydroxylation is 1. The fraction of sp³-hybridized carbons (Fsp3) is 0.680. The van der Waals surface area contributed by atoms with E-state index in [0.29, 0.717) is 12.2 Å². The molecule has 0 saturated carbocycles. The molecule has 1 rings (SSSR count). The van der Waals surface area contributed by atoms with Crippen LogP contribution in [0.5, 0.6) is 0 Å². The molecular formula is C25H42NO2+. The van der Waals surface area contributed by atoms with Crippen molar-refractivity contribution in [2.24, 2.45) is 7.05 Å². The molecule has 0 aliphatic carbocycles. The maximum atomic E-state index is 11.9. The van der Waals surface area contributed by atoms with Crippen LogP contribution in [-0.4, -0.2) is 12.6 Å². The molecule has 0 amide bonds. The monoisotopic (exact) mass is 388 g/mol. The van der Waals surface area contributed by atoms with Crippen LogP contribution in [0.1, 0.15) is 107 Å². The second kappa shape index (κ2) is 17.5. The number of aromatic nitrogens is 1. The van der Waals surface area contributed by atoms with Crippen molar-refractivity contribution in [2.45, 2.75) is 96.8 Å². The summed E-state index contributed by atoms with van der Waals surface area (Å²) < 4.78 is 7.20. The van der Waals surface area contributed by atoms with Gasteiger partial charge in [0.25, 0.3) is 0 Å². The van der Waals surface area contributed by atoms with E-state index in [9.17, 15) is 4.79 Å². The summed E-state index contributed by atoms with van der Waals surface area (Å²) in [5.41, 5.74) is 0.620. The molecule has 0 N–H and O–H groups in total. The first-order valence-electron chi connectivity index (χ1n) is 11.5. The first-order valence-corrected chi connectivity index (χ1v) is 11.5. The molecule has 28 heavy (non-hydrogen) atoms. The van der Waals surface area contributed by atoms with Gasteiger partial charge < -0.3 is 4.74 Å². The lowest BCUT2D eigenvalue weighted by Crippen LogP contribution is -2.28. The quantitative estimate of drug-likeness (QED) is 0.128. The Hall–Kier alpha value is -1.64. The lowest BCUT2D eigenvalue weighted by atomic mass is 10.1. The van der Waals surface area contributed by atoms with Gasteiger partial charge in [0.1, 0.15) is 12.6 Å². The molecule has 3 heteroatoms. The molecule has 1 heterocycles. The van der Waals surface area contributed by atoms with Crippen LogP contribution in [0.15, 0.2) is 36.7 Å². The first-order chi connectivity index (χ1) is 13.7. The minimum atomic E-state index is -0.219. The van der Waals surface area contributed by atoms with Crippen molar-refractivity contribution < 1.29 is 14.1 Å². The van der Waals surface area contributed by atoms with Crippen LogP contribution in [0.3, 0.4) is 0 Å². The van der Waals surface area contributed by atoms with Gasteiger partial charge in [0, 0.05) is 6.07 Å². The highest BCUT2D eigenvalue weighted by Crippen LogP contribution is 2.10. The fourth-order valence-corrected chi connectivity index (χ4v) is 3.31. The third-order valence-corrected chi connectivity index (χ3v) is 5.06. The summed E-state index contributed by atoms with van der Waals surface area (Å²) in [4.78, 5) is 11.9. The van der Waals surface area contributed by atoms with E-state index in [2.05, 4.69) is 19.1 Å². The molecule has 0 aromatic carbocycles. The van der Waals surface area contributed by atoms with Crippen LogP contribution < -0.4 is 4.57 Å². The molecule has 0 saturated heterocycles. The third kappa shape index (κ3) is 13.5. The van der Waals surface area contributed by atoms with E-state index < -0.39 is 0 Å². The number of carbonyl (C=O) groups is 1. The Bertz CT molecular complexity index is 539. The van der Waals surface area contributed by atoms with Gasteiger partial charge in [-0.05, 0) is 38.2 Å². The zero-order chi connectivity index (χ0) is 20.3. The molecule has 0 atom stereocenters. The van der Waals surface area contributed by atoms with Crippen LogP contribution in [0.4, 0.5) is 0 Å². The van der Waals surface area contributed by atoms with Crippen molar-refractivity contribution >= 4 is 5.97 Å². The largest absolute Gasteiger partial charge is 0.462 e. The van der Waals surface area contributed by atoms with Gasteiger partial charge in [-0.2, -0.15) is 0 Å². The Labute approximate surface area is 173 Å². The SMILES string of the molecule is CCCCCCCC/C=C\CCCCCCCCOC(=O)c1ccc[n+](C)c1. The number of allylic oxidation sites excluding steroid dienone is 2. The zero-order valence-corrected chi connectivity index (χ0v) is 18.3. The Morgan fingerprint density at radius 1 is 0.893 bits per heavy atom. The molecule has 0 radical (unpaired) electrons. The predicted molar refractivity (Wildman–Crippen MR) is 117 cm³/mol. The summed E-state index contributed by atoms with van der Waals surface area (Å²) in [6, 6.07) is 3.66. The van der Waals surface area contributed by atoms with Gasteiger partial charge >= 0.3 is 5.97 Å². The van der Waals surface area contributed by atoms with E-state index in [0.717, 1.165) is 12.8 Å². The van der Waals surface area contributed by atoms with Crippen LogP contribution in [0.25, 0.3) is 0 Å². The molecule has 0 spiro atoms. The average Bonchev–Trinajstić information content (AvgIpc) is 2.70. The Morgan fingerprint density at radius 2 is 1.46 bits per heavy atom. The van der Waals surface area contributed by atoms with E-state index >= 15 is 0 Å². The van der Waals surface area contributed by atoms with E-state index in [1.807, 2.05) is 23.9 Å². The maximum absolute atomic E-state index is 11.9. The van der Waals surface area contributed by atoms with Crippen molar-refractivity contribution in [3.63, 3.8) is 0 Å². The number of hydrogen-bond donors (Lipinski definition) is 0. The lowest BCUT2D eigenvalue weighted by Gasteiger charge is -2.04. The second-order valence-electron chi connectivity index (χ2n) is 7.83. The molecule has 1 aromatic rings. The highest BCUT2D eigenvalue weighted by molar-refractivity contribution is 5.88. The van der Waals surface area contributed by atoms with Crippen molar-refractivity contribution in [3.05, 3.63) is 42.2 Å². The molecule has 0 fully saturated rings. The molecule has 1 aromatic heterocycles. The molecule has 3 nitrogen and oxygen atoms in total. The number of hydrogen-bond acceptors (Lipinski definition) is 2. The fourth-order valence-electron chi connectivity index (χ4n) is 3.31. The van der Waals surface area contributed by atoms with Crippen molar-refractivity contribution in [1.82, 2.24) is 0 Å². The molecular weight excluding hydrogens is 346 g/mol. The summed E-state index contributed by atoms with van der Waals surface area (Å²) >= 11 is 0. The smallest absolute Gasteiger partial charge is 0.344 e. The Morgan fingerprint density at radius 3 is 2.07 bits per heavy atom. The third-order valence-electron chi connectivity index (χ3n) is 5.06. The minimum Gasteiger partial charge on any atom is -0.462 e. The normalized spacial score (nSPS) is 11.2. The molecule has 0 bridgehead atoms. The Kier molecular flexibility index (Phi) is 15.2. The van der Waals surface area contributed by atoms with Gasteiger partial charge in [0.2, 0.25) is 0 Å². The summed E-state index contributed by atoms with van der Waals surface area (Å²) in [7, 11) is 1.90. The predicted octanol–water partition coefficient (Wildman–Crippen LogP) is 6.71. The first kappa shape index (κ1) is 24.4. The van der Waals surface area contributed by atoms with Gasteiger partial charge in [-0.25, -0.2) is 9.36 Å². The molecule has 0 unspecified atom stereocenters. The second-order valence-corrected chi connectivity index (χ2v) is 7.83. The van der Waals surface area contributed by atoms with Crippen LogP contribution >= 0.6 is 0 Å². The topological polar surface area (TPSA) is 30.2 Å². The number of carbonyl (C=O) groups excluding carboxylic acids is 1. The van der Waals surface area contributed by atoms with Gasteiger partial charge in [-0.3, -0.25) is 0 Å². The van der Waals surface area contributed by atoms with Crippen molar-refractivity contribution in [1.29, 1.82) is 0 Å². The number of ether oxygens (including phenoxy) is 1. The number of rotatable bonds is 17. The van der Waals surface area contributed by atoms with Gasteiger partial charge in [0.05, 0.1) is 6.61 Å². The summed E-state index contributed by atoms with van der Waals surface area (Å²) in [6.45, 7) is 2.80. The van der Waals surface area contributed by atoms with E-state index in [1.54, 1.807) is 12.3 Å². The summed E-state index contributed by atoms with van der Waals surface area (Å²) in [5.74, 6) is -0.219. The Balaban J connectivity index is 1.84. The summed E-state index contributed by atoms with van der Waals surface area (Å²) in [5, 5.41) is 0. The van der Waals surface area contributed by atoms with Gasteiger partial charge in [-0.15, -0.1) is 0 Å². The van der Waals surface area contributed by atoms with Gasteiger partial charge in [-0.1, -0.05) is 76.9 Å². The number of pyridine rings is 1. The van der Waals surface area contributed by atoms with Crippen LogP contribution in [0.2, 0.25) is 0 Å². The van der Waals surface area contributed by atoms with Crippen molar-refractivity contribution in [2.75, 3.05) is 6.61 Å². The van der Waals surface area contributed by atoms with Crippen molar-refractivity contribution in [3.8, 4) is 0 Å². The van der Waals surface area contributed by atoms with E-state index in [1.165, 1.54) is 77.0 Å². The molecule has 0 aliphatic rings. The highest BCUT2D eigenvalue weighted by atomic mass is 16.5. The van der Waals surface area contributed by atoms with E-state index in [4.69, 9.17) is 4.74 Å². The standard InChI is InChI=1S/C25H42NO2/c1-3-4-5-6-7-8-9-10-11-12-13-14-15-16-17-18-22-28-25(27)24-20-19-21-26(2)23-24/h10-11,19-21,23H,3-9,12-18,22H2,1-2H3/q+1/b11-10-. The molecule has 0 aliphatic heterocycles. The van der Waals surface area contributed by atoms with E-state index in [-0.39, 0.29) is 5.97 Å². The van der Waals surface area contributed by atoms with Crippen LogP contribution in [-0.2, 0) is 11.8 Å². The average molecular weight is 389 g/mol. The number of nitrogens with zero attached hydrogens (tertiary/aromatic N) is 1. The van der Waals surface area contributed by atoms with Crippen LogP contribution in [0, 0.1) is 0 Å². The molecule has 158 valence electrons. The summed E-state index contributed by atoms with van der Waals surface area (Å²) in [6.07, 6.45) is 26.5.